The Kier molecular flexibility index (Phi) is 2.65. The number of anilines is 1. The van der Waals surface area contributed by atoms with E-state index >= 15 is 0 Å². The number of nitrogens with one attached hydrogen (secondary N) is 1. The number of rotatable bonds is 2. The topological polar surface area (TPSA) is 49.3 Å². The van der Waals surface area contributed by atoms with Gasteiger partial charge in [-0.25, -0.2) is 0 Å². The molecule has 0 saturated heterocycles. The molecule has 0 aromatic heterocycles. The van der Waals surface area contributed by atoms with E-state index in [0.717, 1.165) is 10.8 Å². The quantitative estimate of drug-likeness (QED) is 0.773. The third-order valence-corrected chi connectivity index (χ3v) is 2.11. The van der Waals surface area contributed by atoms with Crippen LogP contribution in [0.2, 0.25) is 0 Å². The highest BCUT2D eigenvalue weighted by molar-refractivity contribution is 5.94. The molecule has 3 heteroatoms. The zero-order valence-corrected chi connectivity index (χ0v) is 8.03. The minimum Gasteiger partial charge on any atom is -0.387 e. The van der Waals surface area contributed by atoms with Gasteiger partial charge in [-0.1, -0.05) is 18.2 Å². The molecular weight excluding hydrogens is 190 g/mol. The van der Waals surface area contributed by atoms with E-state index in [2.05, 4.69) is 11.4 Å². The van der Waals surface area contributed by atoms with Crippen molar-refractivity contribution in [3.05, 3.63) is 42.5 Å². The molecule has 2 rings (SSSR count). The number of carbonyl (C=O) groups is 1. The van der Waals surface area contributed by atoms with E-state index in [1.54, 1.807) is 6.07 Å². The molecule has 0 aliphatic rings. The Morgan fingerprint density at radius 3 is 3.00 bits per heavy atom. The number of hydrogen-bond donors (Lipinski definition) is 2. The molecule has 3 nitrogen and oxygen atoms in total. The molecule has 0 aliphatic heterocycles. The van der Waals surface area contributed by atoms with Crippen LogP contribution in [0.1, 0.15) is 0 Å². The predicted molar refractivity (Wildman–Crippen MR) is 58.5 cm³/mol. The molecule has 1 amide bonds. The number of aliphatic hydroxyl groups excluding tert-OH is 1. The van der Waals surface area contributed by atoms with Gasteiger partial charge in [0.05, 0.1) is 0 Å². The first-order valence-corrected chi connectivity index (χ1v) is 4.60. The highest BCUT2D eigenvalue weighted by Gasteiger charge is 2.00. The van der Waals surface area contributed by atoms with Crippen LogP contribution in [0, 0.1) is 6.07 Å². The first kappa shape index (κ1) is 9.68. The van der Waals surface area contributed by atoms with Crippen molar-refractivity contribution < 1.29 is 9.90 Å². The zero-order chi connectivity index (χ0) is 10.7. The Morgan fingerprint density at radius 1 is 1.33 bits per heavy atom. The molecule has 75 valence electrons. The molecule has 0 unspecified atom stereocenters. The smallest absolute Gasteiger partial charge is 0.250 e. The van der Waals surface area contributed by atoms with Crippen molar-refractivity contribution in [3.63, 3.8) is 0 Å². The van der Waals surface area contributed by atoms with Crippen molar-refractivity contribution in [3.8, 4) is 0 Å². The third kappa shape index (κ3) is 2.14. The maximum atomic E-state index is 11.0. The van der Waals surface area contributed by atoms with Gasteiger partial charge in [-0.3, -0.25) is 4.79 Å². The van der Waals surface area contributed by atoms with E-state index in [-0.39, 0.29) is 0 Å². The van der Waals surface area contributed by atoms with Crippen LogP contribution in [0.4, 0.5) is 5.69 Å². The van der Waals surface area contributed by atoms with Crippen molar-refractivity contribution in [2.45, 2.75) is 0 Å². The maximum Gasteiger partial charge on any atom is 0.250 e. The molecule has 0 fully saturated rings. The van der Waals surface area contributed by atoms with Gasteiger partial charge in [-0.2, -0.15) is 0 Å². The van der Waals surface area contributed by atoms with Crippen LogP contribution in [-0.2, 0) is 4.79 Å². The third-order valence-electron chi connectivity index (χ3n) is 2.11. The van der Waals surface area contributed by atoms with Crippen molar-refractivity contribution >= 4 is 22.4 Å². The van der Waals surface area contributed by atoms with Gasteiger partial charge in [0.2, 0.25) is 5.91 Å². The van der Waals surface area contributed by atoms with E-state index in [0.29, 0.717) is 5.69 Å². The molecular formula is C12H10NO2. The molecule has 2 aromatic carbocycles. The number of amides is 1. The van der Waals surface area contributed by atoms with E-state index < -0.39 is 12.5 Å². The fourth-order valence-corrected chi connectivity index (χ4v) is 1.40. The highest BCUT2D eigenvalue weighted by Crippen LogP contribution is 2.18. The van der Waals surface area contributed by atoms with Crippen molar-refractivity contribution in [2.24, 2.45) is 0 Å². The number of aliphatic hydroxyl groups is 1. The van der Waals surface area contributed by atoms with Crippen molar-refractivity contribution in [1.82, 2.24) is 0 Å². The fourth-order valence-electron chi connectivity index (χ4n) is 1.40. The van der Waals surface area contributed by atoms with Gasteiger partial charge in [-0.15, -0.1) is 0 Å². The second-order valence-corrected chi connectivity index (χ2v) is 3.19. The van der Waals surface area contributed by atoms with Crippen LogP contribution < -0.4 is 5.32 Å². The van der Waals surface area contributed by atoms with Crippen molar-refractivity contribution in [2.75, 3.05) is 11.9 Å². The lowest BCUT2D eigenvalue weighted by Crippen LogP contribution is -2.15. The van der Waals surface area contributed by atoms with Crippen LogP contribution >= 0.6 is 0 Å². The lowest BCUT2D eigenvalue weighted by Gasteiger charge is -2.04. The summed E-state index contributed by atoms with van der Waals surface area (Å²) in [6, 6.07) is 14.2. The van der Waals surface area contributed by atoms with Gasteiger partial charge >= 0.3 is 0 Å². The molecule has 15 heavy (non-hydrogen) atoms. The number of fused-ring (bicyclic) bond motifs is 1. The largest absolute Gasteiger partial charge is 0.387 e. The summed E-state index contributed by atoms with van der Waals surface area (Å²) in [5.41, 5.74) is 0.688. The van der Waals surface area contributed by atoms with E-state index in [1.165, 1.54) is 0 Å². The average Bonchev–Trinajstić information content (AvgIpc) is 2.29. The summed E-state index contributed by atoms with van der Waals surface area (Å²) in [6.07, 6.45) is 0. The molecule has 0 heterocycles. The lowest BCUT2D eigenvalue weighted by atomic mass is 10.1. The van der Waals surface area contributed by atoms with E-state index in [4.69, 9.17) is 5.11 Å². The van der Waals surface area contributed by atoms with Crippen LogP contribution in [0.15, 0.2) is 36.4 Å². The summed E-state index contributed by atoms with van der Waals surface area (Å²) in [7, 11) is 0. The minimum atomic E-state index is -0.499. The monoisotopic (exact) mass is 200 g/mol. The Balaban J connectivity index is 2.34. The Hall–Kier alpha value is -1.87. The molecule has 0 spiro atoms. The molecule has 1 radical (unpaired) electrons. The SMILES string of the molecule is O=C(CO)Nc1ccc2c[c]ccc2c1. The van der Waals surface area contributed by atoms with Gasteiger partial charge in [0.25, 0.3) is 0 Å². The van der Waals surface area contributed by atoms with Crippen LogP contribution in [0.3, 0.4) is 0 Å². The number of carbonyl (C=O) groups excluding carboxylic acids is 1. The Morgan fingerprint density at radius 2 is 2.20 bits per heavy atom. The predicted octanol–water partition coefficient (Wildman–Crippen LogP) is 1.57. The standard InChI is InChI=1S/C12H10NO2/c14-8-12(15)13-11-6-5-9-3-1-2-4-10(9)7-11/h2-7,14H,8H2,(H,13,15). The molecule has 2 N–H and O–H groups in total. The van der Waals surface area contributed by atoms with Gasteiger partial charge in [0.15, 0.2) is 0 Å². The number of hydrogen-bond acceptors (Lipinski definition) is 2. The molecule has 0 aliphatic carbocycles. The van der Waals surface area contributed by atoms with Crippen LogP contribution in [0.5, 0.6) is 0 Å². The minimum absolute atomic E-state index is 0.406. The lowest BCUT2D eigenvalue weighted by molar-refractivity contribution is -0.118. The summed E-state index contributed by atoms with van der Waals surface area (Å²) in [5, 5.41) is 13.3. The summed E-state index contributed by atoms with van der Waals surface area (Å²) in [6.45, 7) is -0.499. The van der Waals surface area contributed by atoms with Crippen LogP contribution in [-0.4, -0.2) is 17.6 Å². The van der Waals surface area contributed by atoms with E-state index in [9.17, 15) is 4.79 Å². The first-order valence-electron chi connectivity index (χ1n) is 4.60. The first-order chi connectivity index (χ1) is 7.29. The Labute approximate surface area is 87.3 Å². The Bertz CT molecular complexity index is 494. The molecule has 0 saturated carbocycles. The molecule has 2 aromatic rings. The fraction of sp³-hybridized carbons (Fsp3) is 0.0833. The van der Waals surface area contributed by atoms with Crippen molar-refractivity contribution in [1.29, 1.82) is 0 Å². The molecule has 0 bridgehead atoms. The average molecular weight is 200 g/mol. The van der Waals surface area contributed by atoms with Gasteiger partial charge in [0, 0.05) is 5.69 Å². The van der Waals surface area contributed by atoms with Gasteiger partial charge < -0.3 is 10.4 Å². The van der Waals surface area contributed by atoms with E-state index in [1.807, 2.05) is 30.3 Å². The van der Waals surface area contributed by atoms with Crippen LogP contribution in [0.25, 0.3) is 10.8 Å². The molecule has 0 atom stereocenters. The normalized spacial score (nSPS) is 10.2. The second-order valence-electron chi connectivity index (χ2n) is 3.19. The highest BCUT2D eigenvalue weighted by atomic mass is 16.3. The summed E-state index contributed by atoms with van der Waals surface area (Å²) in [4.78, 5) is 11.0. The summed E-state index contributed by atoms with van der Waals surface area (Å²) in [5.74, 6) is -0.406. The second kappa shape index (κ2) is 4.11. The number of benzene rings is 2. The maximum absolute atomic E-state index is 11.0. The zero-order valence-electron chi connectivity index (χ0n) is 8.03. The summed E-state index contributed by atoms with van der Waals surface area (Å²) < 4.78 is 0. The van der Waals surface area contributed by atoms with Gasteiger partial charge in [0.1, 0.15) is 6.61 Å². The summed E-state index contributed by atoms with van der Waals surface area (Å²) >= 11 is 0. The van der Waals surface area contributed by atoms with Gasteiger partial charge in [-0.05, 0) is 35.0 Å².